The van der Waals surface area contributed by atoms with Crippen molar-refractivity contribution in [1.29, 1.82) is 0 Å². The number of nitrogens with one attached hydrogen (secondary N) is 1. The summed E-state index contributed by atoms with van der Waals surface area (Å²) in [5.41, 5.74) is 3.41. The SMILES string of the molecule is CCOC(=O)CNC(=O)CN1CCN(Cc2nc3ccccc3n2Cc2ccccc2)CC1.O=C(O)C(=O)O.O=C(O)C(=O)O. The number of rotatable bonds is 9. The van der Waals surface area contributed by atoms with Gasteiger partial charge < -0.3 is 35.0 Å². The average molecular weight is 630 g/mol. The topological polar surface area (TPSA) is 229 Å². The predicted molar refractivity (Wildman–Crippen MR) is 157 cm³/mol. The highest BCUT2D eigenvalue weighted by Crippen LogP contribution is 2.20. The molecule has 2 heterocycles. The van der Waals surface area contributed by atoms with Crippen LogP contribution >= 0.6 is 0 Å². The lowest BCUT2D eigenvalue weighted by Gasteiger charge is -2.34. The molecule has 0 saturated carbocycles. The van der Waals surface area contributed by atoms with Crippen LogP contribution < -0.4 is 5.32 Å². The van der Waals surface area contributed by atoms with E-state index in [2.05, 4.69) is 62.1 Å². The van der Waals surface area contributed by atoms with Crippen LogP contribution in [-0.4, -0.2) is 121 Å². The Balaban J connectivity index is 0.000000499. The van der Waals surface area contributed by atoms with Gasteiger partial charge in [0.2, 0.25) is 5.91 Å². The molecule has 5 N–H and O–H groups in total. The maximum atomic E-state index is 12.1. The molecule has 4 rings (SSSR count). The van der Waals surface area contributed by atoms with E-state index in [1.807, 2.05) is 12.1 Å². The Morgan fingerprint density at radius 3 is 1.84 bits per heavy atom. The second kappa shape index (κ2) is 18.3. The van der Waals surface area contributed by atoms with E-state index in [1.54, 1.807) is 6.92 Å². The van der Waals surface area contributed by atoms with Crippen molar-refractivity contribution in [3.63, 3.8) is 0 Å². The summed E-state index contributed by atoms with van der Waals surface area (Å²) >= 11 is 0. The molecule has 0 bridgehead atoms. The van der Waals surface area contributed by atoms with Crippen molar-refractivity contribution in [1.82, 2.24) is 24.7 Å². The number of hydrogen-bond donors (Lipinski definition) is 5. The van der Waals surface area contributed by atoms with Gasteiger partial charge >= 0.3 is 29.8 Å². The second-order valence-corrected chi connectivity index (χ2v) is 9.44. The molecule has 1 aliphatic rings. The number of nitrogens with zero attached hydrogens (tertiary/aromatic N) is 4. The Morgan fingerprint density at radius 2 is 1.29 bits per heavy atom. The highest BCUT2D eigenvalue weighted by atomic mass is 16.5. The van der Waals surface area contributed by atoms with Gasteiger partial charge in [0, 0.05) is 32.7 Å². The van der Waals surface area contributed by atoms with Crippen LogP contribution in [0.4, 0.5) is 0 Å². The molecule has 16 heteroatoms. The quantitative estimate of drug-likeness (QED) is 0.157. The summed E-state index contributed by atoms with van der Waals surface area (Å²) < 4.78 is 7.15. The maximum Gasteiger partial charge on any atom is 0.414 e. The summed E-state index contributed by atoms with van der Waals surface area (Å²) in [4.78, 5) is 69.3. The number of imidazole rings is 1. The molecule has 0 unspecified atom stereocenters. The molecule has 0 atom stereocenters. The third kappa shape index (κ3) is 12.8. The van der Waals surface area contributed by atoms with Crippen LogP contribution in [0.5, 0.6) is 0 Å². The lowest BCUT2D eigenvalue weighted by Crippen LogP contribution is -2.49. The van der Waals surface area contributed by atoms with Gasteiger partial charge in [-0.2, -0.15) is 0 Å². The van der Waals surface area contributed by atoms with Gasteiger partial charge in [0.25, 0.3) is 0 Å². The first kappa shape index (κ1) is 35.8. The first-order chi connectivity index (χ1) is 21.4. The minimum absolute atomic E-state index is 0.0791. The minimum Gasteiger partial charge on any atom is -0.473 e. The molecular weight excluding hydrogens is 594 g/mol. The van der Waals surface area contributed by atoms with Crippen LogP contribution in [0.3, 0.4) is 0 Å². The van der Waals surface area contributed by atoms with Crippen molar-refractivity contribution in [2.24, 2.45) is 0 Å². The standard InChI is InChI=1S/C25H31N5O3.2C2H2O4/c1-2-33-25(32)16-26-24(31)19-29-14-12-28(13-15-29)18-23-27-21-10-6-7-11-22(21)30(23)17-20-8-4-3-5-9-20;2*3-1(4)2(5)6/h3-11H,2,12-19H2,1H3,(H,26,31);2*(H,3,4)(H,5,6). The number of amides is 1. The van der Waals surface area contributed by atoms with Crippen molar-refractivity contribution in [3.8, 4) is 0 Å². The molecule has 1 amide bonds. The summed E-state index contributed by atoms with van der Waals surface area (Å²) in [6.45, 7) is 7.15. The van der Waals surface area contributed by atoms with Crippen LogP contribution in [0.2, 0.25) is 0 Å². The lowest BCUT2D eigenvalue weighted by atomic mass is 10.2. The van der Waals surface area contributed by atoms with Crippen LogP contribution in [0.15, 0.2) is 54.6 Å². The Labute approximate surface area is 257 Å². The number of carbonyl (C=O) groups is 6. The number of hydrogen-bond acceptors (Lipinski definition) is 10. The fourth-order valence-corrected chi connectivity index (χ4v) is 4.14. The Hall–Kier alpha value is -5.35. The van der Waals surface area contributed by atoms with E-state index in [4.69, 9.17) is 49.3 Å². The number of carbonyl (C=O) groups excluding carboxylic acids is 2. The second-order valence-electron chi connectivity index (χ2n) is 9.44. The first-order valence-corrected chi connectivity index (χ1v) is 13.7. The summed E-state index contributed by atoms with van der Waals surface area (Å²) in [6.07, 6.45) is 0. The first-order valence-electron chi connectivity index (χ1n) is 13.7. The normalized spacial score (nSPS) is 12.9. The zero-order chi connectivity index (χ0) is 33.4. The van der Waals surface area contributed by atoms with Crippen molar-refractivity contribution in [2.45, 2.75) is 20.0 Å². The number of piperazine rings is 1. The van der Waals surface area contributed by atoms with Gasteiger partial charge in [-0.15, -0.1) is 0 Å². The van der Waals surface area contributed by atoms with E-state index in [0.717, 1.165) is 56.1 Å². The summed E-state index contributed by atoms with van der Waals surface area (Å²) in [6, 6.07) is 18.7. The number of carboxylic acids is 4. The molecule has 1 saturated heterocycles. The zero-order valence-electron chi connectivity index (χ0n) is 24.5. The van der Waals surface area contributed by atoms with E-state index in [-0.39, 0.29) is 12.5 Å². The molecule has 2 aromatic carbocycles. The molecule has 1 aromatic heterocycles. The van der Waals surface area contributed by atoms with E-state index in [0.29, 0.717) is 13.2 Å². The van der Waals surface area contributed by atoms with E-state index < -0.39 is 29.8 Å². The van der Waals surface area contributed by atoms with Gasteiger partial charge in [-0.05, 0) is 24.6 Å². The van der Waals surface area contributed by atoms with E-state index >= 15 is 0 Å². The zero-order valence-corrected chi connectivity index (χ0v) is 24.5. The van der Waals surface area contributed by atoms with Gasteiger partial charge in [-0.3, -0.25) is 19.4 Å². The number of esters is 1. The molecule has 0 aliphatic carbocycles. The Kier molecular flexibility index (Phi) is 14.6. The summed E-state index contributed by atoms with van der Waals surface area (Å²) in [5, 5.41) is 32.2. The minimum atomic E-state index is -1.82. The summed E-state index contributed by atoms with van der Waals surface area (Å²) in [5.74, 6) is -6.80. The smallest absolute Gasteiger partial charge is 0.414 e. The Bertz CT molecular complexity index is 1420. The van der Waals surface area contributed by atoms with Crippen molar-refractivity contribution >= 4 is 46.8 Å². The van der Waals surface area contributed by atoms with Crippen LogP contribution in [0, 0.1) is 0 Å². The molecular formula is C29H35N5O11. The molecule has 3 aromatic rings. The number of aromatic nitrogens is 2. The maximum absolute atomic E-state index is 12.1. The number of ether oxygens (including phenoxy) is 1. The van der Waals surface area contributed by atoms with Gasteiger partial charge in [-0.1, -0.05) is 42.5 Å². The van der Waals surface area contributed by atoms with E-state index in [9.17, 15) is 9.59 Å². The van der Waals surface area contributed by atoms with Crippen LogP contribution in [0.25, 0.3) is 11.0 Å². The van der Waals surface area contributed by atoms with Crippen LogP contribution in [-0.2, 0) is 46.6 Å². The molecule has 1 aliphatic heterocycles. The summed E-state index contributed by atoms with van der Waals surface area (Å²) in [7, 11) is 0. The Morgan fingerprint density at radius 1 is 0.756 bits per heavy atom. The number of aliphatic carboxylic acids is 4. The molecule has 242 valence electrons. The molecule has 45 heavy (non-hydrogen) atoms. The van der Waals surface area contributed by atoms with Gasteiger partial charge in [0.05, 0.1) is 30.7 Å². The van der Waals surface area contributed by atoms with Crippen molar-refractivity contribution in [2.75, 3.05) is 45.9 Å². The number of fused-ring (bicyclic) bond motifs is 1. The largest absolute Gasteiger partial charge is 0.473 e. The third-order valence-corrected chi connectivity index (χ3v) is 6.22. The highest BCUT2D eigenvalue weighted by Gasteiger charge is 2.21. The number of carboxylic acid groups (broad SMARTS) is 4. The van der Waals surface area contributed by atoms with E-state index in [1.165, 1.54) is 5.56 Å². The fraction of sp³-hybridized carbons (Fsp3) is 0.345. The number of para-hydroxylation sites is 2. The highest BCUT2D eigenvalue weighted by molar-refractivity contribution is 6.27. The molecule has 0 radical (unpaired) electrons. The predicted octanol–water partition coefficient (Wildman–Crippen LogP) is 0.193. The molecule has 0 spiro atoms. The van der Waals surface area contributed by atoms with Crippen LogP contribution in [0.1, 0.15) is 18.3 Å². The lowest BCUT2D eigenvalue weighted by molar-refractivity contribution is -0.159. The van der Waals surface area contributed by atoms with Gasteiger partial charge in [0.1, 0.15) is 12.4 Å². The average Bonchev–Trinajstić information content (AvgIpc) is 3.34. The monoisotopic (exact) mass is 629 g/mol. The number of benzene rings is 2. The van der Waals surface area contributed by atoms with Crippen molar-refractivity contribution in [3.05, 3.63) is 66.0 Å². The van der Waals surface area contributed by atoms with Gasteiger partial charge in [0.15, 0.2) is 0 Å². The van der Waals surface area contributed by atoms with Gasteiger partial charge in [-0.25, -0.2) is 24.2 Å². The van der Waals surface area contributed by atoms with Crippen molar-refractivity contribution < 1.29 is 53.9 Å². The molecule has 16 nitrogen and oxygen atoms in total. The third-order valence-electron chi connectivity index (χ3n) is 6.22. The fourth-order valence-electron chi connectivity index (χ4n) is 4.14. The molecule has 1 fully saturated rings.